The number of carboxylic acids is 1. The quantitative estimate of drug-likeness (QED) is 0.243. The molecular formula is C25H24ClF5N2O5. The van der Waals surface area contributed by atoms with Crippen molar-refractivity contribution in [3.8, 4) is 11.5 Å². The third-order valence-electron chi connectivity index (χ3n) is 5.94. The number of hydrogen-bond acceptors (Lipinski definition) is 6. The van der Waals surface area contributed by atoms with Gasteiger partial charge in [-0.2, -0.15) is 8.78 Å². The van der Waals surface area contributed by atoms with Crippen LogP contribution in [-0.2, 0) is 21.9 Å². The number of benzene rings is 1. The molecule has 1 N–H and O–H groups in total. The summed E-state index contributed by atoms with van der Waals surface area (Å²) in [7, 11) is 0. The van der Waals surface area contributed by atoms with E-state index < -0.39 is 82.6 Å². The summed E-state index contributed by atoms with van der Waals surface area (Å²) >= 11 is 5.96. The highest BCUT2D eigenvalue weighted by molar-refractivity contribution is 6.31. The Morgan fingerprint density at radius 1 is 1.11 bits per heavy atom. The minimum absolute atomic E-state index is 0.00803. The summed E-state index contributed by atoms with van der Waals surface area (Å²) in [5, 5.41) is 16.2. The van der Waals surface area contributed by atoms with Crippen LogP contribution >= 0.6 is 11.6 Å². The fourth-order valence-electron chi connectivity index (χ4n) is 3.76. The van der Waals surface area contributed by atoms with Gasteiger partial charge in [0.15, 0.2) is 11.5 Å². The Morgan fingerprint density at radius 2 is 1.79 bits per heavy atom. The summed E-state index contributed by atoms with van der Waals surface area (Å²) in [4.78, 5) is 24.0. The first kappa shape index (κ1) is 29.3. The van der Waals surface area contributed by atoms with Gasteiger partial charge < -0.3 is 14.2 Å². The van der Waals surface area contributed by atoms with Crippen molar-refractivity contribution in [2.45, 2.75) is 64.7 Å². The SMILES string of the molecule is CC(C)(C)C(F)(F)c1cc(-c2onc(C(CCC(=O)O)CC(=O)Cc3ccc(F)cc3Cl)c2C(F)F)no1. The van der Waals surface area contributed by atoms with Gasteiger partial charge in [-0.25, -0.2) is 13.2 Å². The molecule has 0 saturated heterocycles. The highest BCUT2D eigenvalue weighted by Crippen LogP contribution is 2.46. The first-order chi connectivity index (χ1) is 17.6. The van der Waals surface area contributed by atoms with Gasteiger partial charge in [-0.1, -0.05) is 48.8 Å². The fraction of sp³-hybridized carbons (Fsp3) is 0.440. The second-order valence-corrected chi connectivity index (χ2v) is 10.2. The molecule has 0 radical (unpaired) electrons. The van der Waals surface area contributed by atoms with E-state index in [0.717, 1.165) is 18.2 Å². The lowest BCUT2D eigenvalue weighted by atomic mass is 9.86. The first-order valence-corrected chi connectivity index (χ1v) is 11.8. The topological polar surface area (TPSA) is 106 Å². The van der Waals surface area contributed by atoms with E-state index in [2.05, 4.69) is 10.3 Å². The van der Waals surface area contributed by atoms with E-state index in [1.165, 1.54) is 26.8 Å². The monoisotopic (exact) mass is 562 g/mol. The average molecular weight is 563 g/mol. The summed E-state index contributed by atoms with van der Waals surface area (Å²) in [6.07, 6.45) is -4.66. The zero-order valence-corrected chi connectivity index (χ0v) is 21.3. The van der Waals surface area contributed by atoms with Crippen LogP contribution in [0.15, 0.2) is 33.3 Å². The van der Waals surface area contributed by atoms with Crippen LogP contribution in [0.25, 0.3) is 11.5 Å². The number of nitrogens with zero attached hydrogens (tertiary/aromatic N) is 2. The van der Waals surface area contributed by atoms with Crippen molar-refractivity contribution >= 4 is 23.4 Å². The lowest BCUT2D eigenvalue weighted by Gasteiger charge is -2.27. The van der Waals surface area contributed by atoms with E-state index >= 15 is 0 Å². The standard InChI is InChI=1S/C25H24ClF5N2O5/c1-24(2,3)25(30,31)18-11-17(32-37-18)22-20(23(28)29)21(33-38-22)13(5-7-19(35)36)9-15(34)8-12-4-6-14(27)10-16(12)26/h4,6,10-11,13,23H,5,7-9H2,1-3H3,(H,35,36). The van der Waals surface area contributed by atoms with Crippen LogP contribution in [0.2, 0.25) is 5.02 Å². The molecule has 3 aromatic rings. The maximum absolute atomic E-state index is 14.7. The Balaban J connectivity index is 1.96. The fourth-order valence-corrected chi connectivity index (χ4v) is 3.99. The Hall–Kier alpha value is -3.28. The molecule has 7 nitrogen and oxygen atoms in total. The third-order valence-corrected chi connectivity index (χ3v) is 6.29. The summed E-state index contributed by atoms with van der Waals surface area (Å²) in [5.41, 5.74) is -2.95. The Bertz CT molecular complexity index is 1320. The highest BCUT2D eigenvalue weighted by Gasteiger charge is 2.48. The van der Waals surface area contributed by atoms with Crippen LogP contribution in [0.3, 0.4) is 0 Å². The summed E-state index contributed by atoms with van der Waals surface area (Å²) < 4.78 is 80.9. The van der Waals surface area contributed by atoms with Gasteiger partial charge in [-0.3, -0.25) is 9.59 Å². The van der Waals surface area contributed by atoms with Crippen molar-refractivity contribution in [2.24, 2.45) is 5.41 Å². The van der Waals surface area contributed by atoms with Crippen LogP contribution in [-0.4, -0.2) is 27.2 Å². The third kappa shape index (κ3) is 6.40. The maximum Gasteiger partial charge on any atom is 0.312 e. The number of aliphatic carboxylic acids is 1. The first-order valence-electron chi connectivity index (χ1n) is 11.4. The van der Waals surface area contributed by atoms with E-state index in [4.69, 9.17) is 25.8 Å². The van der Waals surface area contributed by atoms with Crippen LogP contribution in [0.1, 0.15) is 75.0 Å². The van der Waals surface area contributed by atoms with Gasteiger partial charge in [0, 0.05) is 41.7 Å². The molecule has 1 atom stereocenters. The van der Waals surface area contributed by atoms with Crippen LogP contribution in [0.5, 0.6) is 0 Å². The molecule has 0 aliphatic rings. The molecule has 38 heavy (non-hydrogen) atoms. The number of carboxylic acid groups (broad SMARTS) is 1. The van der Waals surface area contributed by atoms with E-state index in [1.807, 2.05) is 0 Å². The number of ketones is 1. The molecule has 3 rings (SSSR count). The summed E-state index contributed by atoms with van der Waals surface area (Å²) in [6.45, 7) is 3.78. The molecular weight excluding hydrogens is 539 g/mol. The molecule has 1 aromatic carbocycles. The molecule has 2 aromatic heterocycles. The number of alkyl halides is 4. The van der Waals surface area contributed by atoms with Crippen LogP contribution in [0, 0.1) is 11.2 Å². The van der Waals surface area contributed by atoms with Gasteiger partial charge in [-0.05, 0) is 24.1 Å². The molecule has 0 bridgehead atoms. The van der Waals surface area contributed by atoms with Crippen molar-refractivity contribution < 1.29 is 45.7 Å². The molecule has 0 saturated carbocycles. The molecule has 0 fully saturated rings. The largest absolute Gasteiger partial charge is 0.481 e. The van der Waals surface area contributed by atoms with E-state index in [1.54, 1.807) is 0 Å². The lowest BCUT2D eigenvalue weighted by molar-refractivity contribution is -0.137. The van der Waals surface area contributed by atoms with Gasteiger partial charge in [0.05, 0.1) is 11.3 Å². The van der Waals surface area contributed by atoms with Gasteiger partial charge in [0.1, 0.15) is 11.6 Å². The van der Waals surface area contributed by atoms with E-state index in [9.17, 15) is 31.5 Å². The van der Waals surface area contributed by atoms with Gasteiger partial charge >= 0.3 is 11.9 Å². The number of hydrogen-bond donors (Lipinski definition) is 1. The van der Waals surface area contributed by atoms with Crippen molar-refractivity contribution in [1.29, 1.82) is 0 Å². The van der Waals surface area contributed by atoms with Gasteiger partial charge in [0.2, 0.25) is 5.76 Å². The number of halogens is 6. The highest BCUT2D eigenvalue weighted by atomic mass is 35.5. The van der Waals surface area contributed by atoms with Gasteiger partial charge in [-0.15, -0.1) is 0 Å². The number of aromatic nitrogens is 2. The Kier molecular flexibility index (Phi) is 8.65. The second kappa shape index (κ2) is 11.2. The maximum atomic E-state index is 14.7. The van der Waals surface area contributed by atoms with Crippen molar-refractivity contribution in [3.05, 3.63) is 57.7 Å². The molecule has 2 heterocycles. The summed E-state index contributed by atoms with van der Waals surface area (Å²) in [5.74, 6) is -8.48. The number of rotatable bonds is 11. The molecule has 0 amide bonds. The smallest absolute Gasteiger partial charge is 0.312 e. The zero-order valence-electron chi connectivity index (χ0n) is 20.5. The van der Waals surface area contributed by atoms with E-state index in [-0.39, 0.29) is 17.9 Å². The zero-order chi connectivity index (χ0) is 28.4. The Morgan fingerprint density at radius 3 is 2.37 bits per heavy atom. The number of carbonyl (C=O) groups excluding carboxylic acids is 1. The molecule has 206 valence electrons. The predicted molar refractivity (Wildman–Crippen MR) is 125 cm³/mol. The number of Topliss-reactive ketones (excluding diaryl/α,β-unsaturated/α-hetero) is 1. The number of carbonyl (C=O) groups is 2. The second-order valence-electron chi connectivity index (χ2n) is 9.80. The molecule has 0 aliphatic heterocycles. The normalized spacial score (nSPS) is 13.2. The van der Waals surface area contributed by atoms with Crippen molar-refractivity contribution in [2.75, 3.05) is 0 Å². The van der Waals surface area contributed by atoms with Gasteiger partial charge in [0.25, 0.3) is 6.43 Å². The van der Waals surface area contributed by atoms with Crippen molar-refractivity contribution in [3.63, 3.8) is 0 Å². The van der Waals surface area contributed by atoms with Crippen LogP contribution in [0.4, 0.5) is 22.0 Å². The minimum Gasteiger partial charge on any atom is -0.481 e. The summed E-state index contributed by atoms with van der Waals surface area (Å²) in [6, 6.07) is 4.19. The minimum atomic E-state index is -3.50. The average Bonchev–Trinajstić information content (AvgIpc) is 3.45. The molecule has 0 aliphatic carbocycles. The lowest BCUT2D eigenvalue weighted by Crippen LogP contribution is -2.30. The van der Waals surface area contributed by atoms with Crippen LogP contribution < -0.4 is 0 Å². The van der Waals surface area contributed by atoms with Crippen molar-refractivity contribution in [1.82, 2.24) is 10.3 Å². The molecule has 13 heteroatoms. The molecule has 0 spiro atoms. The van der Waals surface area contributed by atoms with E-state index in [0.29, 0.717) is 5.56 Å². The predicted octanol–water partition coefficient (Wildman–Crippen LogP) is 7.35. The Labute approximate surface area is 218 Å². The molecule has 1 unspecified atom stereocenters.